The van der Waals surface area contributed by atoms with Gasteiger partial charge in [0, 0.05) is 53.8 Å². The first-order valence-electron chi connectivity index (χ1n) is 23.6. The number of sulfonamides is 1. The molecule has 2 aromatic heterocycles. The van der Waals surface area contributed by atoms with Crippen LogP contribution in [0.3, 0.4) is 0 Å². The van der Waals surface area contributed by atoms with Crippen molar-refractivity contribution >= 4 is 102 Å². The van der Waals surface area contributed by atoms with Gasteiger partial charge in [0.15, 0.2) is 22.8 Å². The van der Waals surface area contributed by atoms with E-state index in [2.05, 4.69) is 21.6 Å². The molecule has 0 spiro atoms. The average Bonchev–Trinajstić information content (AvgIpc) is 4.00. The van der Waals surface area contributed by atoms with Crippen molar-refractivity contribution in [2.75, 3.05) is 34.8 Å². The van der Waals surface area contributed by atoms with Gasteiger partial charge in [-0.3, -0.25) is 24.6 Å². The molecule has 5 aliphatic heterocycles. The second-order valence-electron chi connectivity index (χ2n) is 19.6. The van der Waals surface area contributed by atoms with E-state index < -0.39 is 46.1 Å². The molecule has 6 aromatic rings. The Morgan fingerprint density at radius 2 is 1.77 bits per heavy atom. The Labute approximate surface area is 416 Å². The van der Waals surface area contributed by atoms with Gasteiger partial charge in [0.1, 0.15) is 16.6 Å². The van der Waals surface area contributed by atoms with Crippen LogP contribution in [0.2, 0.25) is 5.02 Å². The number of oxazole rings is 1. The number of carboxylic acids is 2. The lowest BCUT2D eigenvalue weighted by molar-refractivity contribution is -0.139. The first-order chi connectivity index (χ1) is 34.0. The maximum atomic E-state index is 14.5. The van der Waals surface area contributed by atoms with Crippen LogP contribution >= 0.6 is 22.9 Å². The quantitative estimate of drug-likeness (QED) is 0.0799. The van der Waals surface area contributed by atoms with Crippen molar-refractivity contribution < 1.29 is 51.8 Å². The highest BCUT2D eigenvalue weighted by Crippen LogP contribution is 2.51. The molecule has 4 aromatic carbocycles. The van der Waals surface area contributed by atoms with Gasteiger partial charge in [0.05, 0.1) is 16.3 Å². The van der Waals surface area contributed by atoms with Gasteiger partial charge in [-0.05, 0) is 123 Å². The third-order valence-electron chi connectivity index (χ3n) is 15.0. The first kappa shape index (κ1) is 46.8. The van der Waals surface area contributed by atoms with Crippen molar-refractivity contribution in [1.82, 2.24) is 14.6 Å². The number of aromatic carboxylic acids is 1. The molecule has 1 aliphatic carbocycles. The lowest BCUT2D eigenvalue weighted by Gasteiger charge is -2.59. The van der Waals surface area contributed by atoms with Crippen LogP contribution in [-0.2, 0) is 30.2 Å². The molecule has 3 amide bonds. The molecule has 4 saturated heterocycles. The number of carbonyl (C=O) groups is 5. The largest absolute Gasteiger partial charge is 0.479 e. The van der Waals surface area contributed by atoms with Crippen LogP contribution in [0.1, 0.15) is 95.9 Å². The predicted molar refractivity (Wildman–Crippen MR) is 267 cm³/mol. The number of nitrogens with one attached hydrogen (secondary N) is 2. The number of rotatable bonds is 13. The molecule has 4 atom stereocenters. The summed E-state index contributed by atoms with van der Waals surface area (Å²) in [6, 6.07) is 21.8. The van der Waals surface area contributed by atoms with E-state index in [9.17, 15) is 37.5 Å². The lowest BCUT2D eigenvalue weighted by atomic mass is 9.66. The Bertz CT molecular complexity index is 3350. The summed E-state index contributed by atoms with van der Waals surface area (Å²) in [4.78, 5) is 70.3. The number of carbonyl (C=O) groups excluding carboxylic acids is 3. The van der Waals surface area contributed by atoms with Crippen LogP contribution in [0.4, 0.5) is 17.4 Å². The summed E-state index contributed by atoms with van der Waals surface area (Å²) >= 11 is 7.49. The number of benzene rings is 4. The number of carboxylic acid groups (broad SMARTS) is 2. The van der Waals surface area contributed by atoms with Crippen LogP contribution in [-0.4, -0.2) is 101 Å². The summed E-state index contributed by atoms with van der Waals surface area (Å²) in [5.41, 5.74) is 4.77. The number of ether oxygens (including phenoxy) is 1. The van der Waals surface area contributed by atoms with E-state index in [0.29, 0.717) is 63.9 Å². The molecule has 20 heteroatoms. The van der Waals surface area contributed by atoms with Gasteiger partial charge in [-0.2, -0.15) is 9.29 Å². The van der Waals surface area contributed by atoms with Crippen LogP contribution in [0.15, 0.2) is 77.2 Å². The lowest BCUT2D eigenvalue weighted by Crippen LogP contribution is -2.68. The number of aromatic nitrogens is 1. The predicted octanol–water partition coefficient (Wildman–Crippen LogP) is 8.25. The van der Waals surface area contributed by atoms with Crippen molar-refractivity contribution in [3.63, 3.8) is 0 Å². The number of anilines is 3. The zero-order chi connectivity index (χ0) is 49.7. The van der Waals surface area contributed by atoms with Gasteiger partial charge in [0.25, 0.3) is 11.9 Å². The number of imide groups is 1. The second kappa shape index (κ2) is 17.6. The van der Waals surface area contributed by atoms with Crippen molar-refractivity contribution in [3.8, 4) is 16.2 Å². The Hall–Kier alpha value is -6.54. The number of piperidine rings is 4. The van der Waals surface area contributed by atoms with Crippen LogP contribution < -0.4 is 25.2 Å². The fourth-order valence-corrected chi connectivity index (χ4v) is 15.6. The van der Waals surface area contributed by atoms with Gasteiger partial charge >= 0.3 is 11.9 Å². The van der Waals surface area contributed by atoms with Crippen molar-refractivity contribution in [2.24, 2.45) is 5.92 Å². The summed E-state index contributed by atoms with van der Waals surface area (Å²) in [5.74, 6) is -3.81. The molecular weight excluding hydrogens is 972 g/mol. The fourth-order valence-electron chi connectivity index (χ4n) is 12.0. The number of thiophene rings is 1. The van der Waals surface area contributed by atoms with E-state index in [4.69, 9.17) is 30.8 Å². The van der Waals surface area contributed by atoms with E-state index in [1.165, 1.54) is 0 Å². The molecule has 17 nitrogen and oxygen atoms in total. The molecule has 368 valence electrons. The zero-order valence-corrected chi connectivity index (χ0v) is 41.0. The number of halogens is 1. The van der Waals surface area contributed by atoms with E-state index in [0.717, 1.165) is 59.0 Å². The molecule has 4 unspecified atom stereocenters. The molecule has 6 aliphatic rings. The van der Waals surface area contributed by atoms with Crippen LogP contribution in [0.25, 0.3) is 32.3 Å². The average molecular weight is 1020 g/mol. The molecule has 2 bridgehead atoms. The van der Waals surface area contributed by atoms with Crippen molar-refractivity contribution in [1.29, 1.82) is 0 Å². The van der Waals surface area contributed by atoms with Crippen LogP contribution in [0, 0.1) is 5.92 Å². The van der Waals surface area contributed by atoms with Gasteiger partial charge < -0.3 is 29.6 Å². The zero-order valence-electron chi connectivity index (χ0n) is 38.6. The SMILES string of the molecule is CC1(C)C2CCC(CC2Nc2cccc(-c3sc(C(=O)O)c(OCC(=O)O)c3Cl)c2)N1S(=O)(=O)Cc1ccc2oc(N3CCC(c4ccc5c6c(cccc46)C(=O)N5C4CCC(=O)NC4=O)CC3)nc2c1. The molecule has 4 N–H and O–H groups in total. The van der Waals surface area contributed by atoms with Gasteiger partial charge in [-0.25, -0.2) is 18.0 Å². The summed E-state index contributed by atoms with van der Waals surface area (Å²) in [5, 5.41) is 26.8. The molecule has 12 rings (SSSR count). The minimum atomic E-state index is -3.81. The van der Waals surface area contributed by atoms with E-state index in [1.54, 1.807) is 39.5 Å². The second-order valence-corrected chi connectivity index (χ2v) is 22.9. The first-order valence-corrected chi connectivity index (χ1v) is 26.4. The highest BCUT2D eigenvalue weighted by molar-refractivity contribution is 7.88. The highest BCUT2D eigenvalue weighted by Gasteiger charge is 2.56. The van der Waals surface area contributed by atoms with Crippen molar-refractivity contribution in [3.05, 3.63) is 99.4 Å². The molecular formula is C51H49ClN6O11S2. The summed E-state index contributed by atoms with van der Waals surface area (Å²) in [6.07, 6.45) is 4.19. The smallest absolute Gasteiger partial charge is 0.349 e. The van der Waals surface area contributed by atoms with E-state index >= 15 is 0 Å². The topological polar surface area (TPSA) is 229 Å². The Balaban J connectivity index is 0.753. The maximum absolute atomic E-state index is 14.5. The summed E-state index contributed by atoms with van der Waals surface area (Å²) < 4.78 is 42.3. The normalized spacial score (nSPS) is 22.4. The monoisotopic (exact) mass is 1020 g/mol. The van der Waals surface area contributed by atoms with E-state index in [-0.39, 0.29) is 70.0 Å². The van der Waals surface area contributed by atoms with E-state index in [1.807, 2.05) is 50.2 Å². The minimum Gasteiger partial charge on any atom is -0.479 e. The standard InChI is InChI=1S/C51H49ClN6O11S2/c1-51(2)34-12-10-30(23-35(34)53-29-6-3-5-28(22-29)45-43(52)44(68-24-41(60)61)46(70-45)49(64)65)58(51)71(66,67)25-26-9-15-39-36(21-26)54-50(69-39)56-19-17-27(18-20-56)31-11-13-37-42-32(31)7-4-8-33(42)48(63)57(37)38-14-16-40(59)55-47(38)62/h3-9,11,13,15,21-22,27,30,34-35,38,53H,10,12,14,16-20,23-25H2,1-2H3,(H,60,61)(H,64,65)(H,55,59,62). The third kappa shape index (κ3) is 8.15. The number of aliphatic carboxylic acids is 1. The molecule has 5 fully saturated rings. The van der Waals surface area contributed by atoms with Gasteiger partial charge in [-0.1, -0.05) is 48.0 Å². The van der Waals surface area contributed by atoms with Gasteiger partial charge in [0.2, 0.25) is 21.8 Å². The van der Waals surface area contributed by atoms with Crippen molar-refractivity contribution in [2.45, 2.75) is 94.1 Å². The minimum absolute atomic E-state index is 0.0144. The molecule has 0 radical (unpaired) electrons. The number of fused-ring (bicyclic) bond motifs is 4. The molecule has 7 heterocycles. The number of hydrogen-bond donors (Lipinski definition) is 4. The van der Waals surface area contributed by atoms with Gasteiger partial charge in [-0.15, -0.1) is 11.3 Å². The maximum Gasteiger partial charge on any atom is 0.349 e. The summed E-state index contributed by atoms with van der Waals surface area (Å²) in [7, 11) is -3.81. The fraction of sp³-hybridized carbons (Fsp3) is 0.373. The number of nitrogens with zero attached hydrogens (tertiary/aromatic N) is 4. The third-order valence-corrected chi connectivity index (χ3v) is 18.8. The Morgan fingerprint density at radius 3 is 2.52 bits per heavy atom. The highest BCUT2D eigenvalue weighted by atomic mass is 35.5. The molecule has 1 saturated carbocycles. The number of amides is 3. The molecule has 71 heavy (non-hydrogen) atoms. The Kier molecular flexibility index (Phi) is 11.6. The summed E-state index contributed by atoms with van der Waals surface area (Å²) in [6.45, 7) is 4.57. The van der Waals surface area contributed by atoms with Crippen LogP contribution in [0.5, 0.6) is 5.75 Å². The Morgan fingerprint density at radius 1 is 0.986 bits per heavy atom. The number of hydrogen-bond acceptors (Lipinski definition) is 13.